The van der Waals surface area contributed by atoms with E-state index in [1.807, 2.05) is 60.7 Å². The topological polar surface area (TPSA) is 146 Å². The summed E-state index contributed by atoms with van der Waals surface area (Å²) in [4.78, 5) is 42.3. The molecule has 2 amide bonds. The zero-order valence-corrected chi connectivity index (χ0v) is 34.3. The summed E-state index contributed by atoms with van der Waals surface area (Å²) >= 11 is 13.0. The van der Waals surface area contributed by atoms with Crippen LogP contribution >= 0.6 is 23.2 Å². The second-order valence-electron chi connectivity index (χ2n) is 17.4. The second kappa shape index (κ2) is 15.4. The van der Waals surface area contributed by atoms with Gasteiger partial charge in [0.05, 0.1) is 18.2 Å². The minimum atomic E-state index is -1.62. The number of likely N-dealkylation sites (tertiary alicyclic amines) is 1. The number of hydrogen-bond donors (Lipinski definition) is 3. The lowest BCUT2D eigenvalue weighted by Gasteiger charge is -2.56. The van der Waals surface area contributed by atoms with Crippen LogP contribution in [0, 0.1) is 11.2 Å². The van der Waals surface area contributed by atoms with Crippen molar-refractivity contribution in [2.45, 2.75) is 112 Å². The van der Waals surface area contributed by atoms with Gasteiger partial charge in [-0.25, -0.2) is 14.4 Å². The number of anilines is 1. The third-order valence-electron chi connectivity index (χ3n) is 13.8. The molecule has 0 radical (unpaired) electrons. The summed E-state index contributed by atoms with van der Waals surface area (Å²) in [5.41, 5.74) is -0.959. The highest BCUT2D eigenvalue weighted by Gasteiger charge is 2.77. The van der Waals surface area contributed by atoms with Crippen LogP contribution in [0.15, 0.2) is 95.9 Å². The fourth-order valence-corrected chi connectivity index (χ4v) is 11.3. The number of fused-ring (bicyclic) bond motifs is 3. The SMILES string of the molecule is CC1(C)CCC2(CC1)N([C@H](c1ccccc1)[C@@H](O)c1ccccc1)[C@@H](C(=O)NC1CCC(c3nnco3)CC1)[C@H](c1ccnc(Cl)c1F)C21C(=O)Nc2nc(Cl)ccc21. The van der Waals surface area contributed by atoms with Gasteiger partial charge in [0.2, 0.25) is 24.1 Å². The van der Waals surface area contributed by atoms with Crippen LogP contribution in [0.1, 0.15) is 117 Å². The zero-order valence-electron chi connectivity index (χ0n) is 32.8. The number of rotatable bonds is 8. The molecule has 9 rings (SSSR count). The van der Waals surface area contributed by atoms with Crippen LogP contribution in [-0.2, 0) is 15.0 Å². The first-order valence-corrected chi connectivity index (χ1v) is 21.1. The third-order valence-corrected chi connectivity index (χ3v) is 14.3. The molecule has 2 aliphatic carbocycles. The molecular weight excluding hydrogens is 792 g/mol. The molecule has 3 N–H and O–H groups in total. The molecule has 5 heterocycles. The number of carbonyl (C=O) groups is 2. The average molecular weight is 839 g/mol. The zero-order chi connectivity index (χ0) is 41.1. The third kappa shape index (κ3) is 6.54. The second-order valence-corrected chi connectivity index (χ2v) is 18.1. The Kier molecular flexibility index (Phi) is 10.3. The van der Waals surface area contributed by atoms with Crippen molar-refractivity contribution in [2.75, 3.05) is 5.32 Å². The molecule has 1 saturated heterocycles. The van der Waals surface area contributed by atoms with Crippen molar-refractivity contribution in [1.29, 1.82) is 0 Å². The van der Waals surface area contributed by atoms with Crippen molar-refractivity contribution in [3.8, 4) is 0 Å². The Morgan fingerprint density at radius 1 is 0.949 bits per heavy atom. The first-order valence-electron chi connectivity index (χ1n) is 20.4. The van der Waals surface area contributed by atoms with Gasteiger partial charge in [0, 0.05) is 35.2 Å². The number of nitrogens with one attached hydrogen (secondary N) is 2. The number of aliphatic hydroxyl groups is 1. The molecule has 4 aliphatic rings. The van der Waals surface area contributed by atoms with Gasteiger partial charge >= 0.3 is 0 Å². The fourth-order valence-electron chi connectivity index (χ4n) is 11.0. The number of aromatic nitrogens is 4. The maximum Gasteiger partial charge on any atom is 0.238 e. The Hall–Kier alpha value is -4.75. The van der Waals surface area contributed by atoms with Crippen LogP contribution in [0.2, 0.25) is 10.3 Å². The lowest BCUT2D eigenvalue weighted by molar-refractivity contribution is -0.137. The molecule has 14 heteroatoms. The summed E-state index contributed by atoms with van der Waals surface area (Å²) in [6.07, 6.45) is 6.50. The predicted octanol–water partition coefficient (Wildman–Crippen LogP) is 8.62. The Labute approximate surface area is 352 Å². The van der Waals surface area contributed by atoms with Gasteiger partial charge in [-0.1, -0.05) is 104 Å². The highest BCUT2D eigenvalue weighted by molar-refractivity contribution is 6.30. The summed E-state index contributed by atoms with van der Waals surface area (Å²) in [5, 5.41) is 27.2. The maximum absolute atomic E-state index is 17.1. The Morgan fingerprint density at radius 3 is 2.29 bits per heavy atom. The summed E-state index contributed by atoms with van der Waals surface area (Å²) in [5.74, 6) is -1.88. The molecule has 2 saturated carbocycles. The standard InChI is InChI=1S/C45H46Cl2FN7O4/c1-43(2)20-22-44(23-21-43)45(31-17-18-32(46)52-39(31)53-42(45)58)33(30-19-24-49-38(47)34(30)48)36(40(57)51-29-15-13-28(14-16-29)41-54-50-25-59-41)55(44)35(26-9-5-3-6-10-26)37(56)27-11-7-4-8-12-27/h3-12,17-19,24-25,28-29,33,35-37,56H,13-16,20-23H2,1-2H3,(H,51,57)(H,52,53,58)/t28?,29?,33-,35+,36+,37-,45?/m0/s1. The minimum Gasteiger partial charge on any atom is -0.428 e. The van der Waals surface area contributed by atoms with Crippen LogP contribution < -0.4 is 10.6 Å². The number of pyridine rings is 2. The number of hydrogen-bond acceptors (Lipinski definition) is 9. The number of halogens is 3. The molecule has 3 fully saturated rings. The first-order chi connectivity index (χ1) is 28.4. The van der Waals surface area contributed by atoms with Crippen LogP contribution in [0.5, 0.6) is 0 Å². The van der Waals surface area contributed by atoms with E-state index in [1.165, 1.54) is 18.7 Å². The number of aliphatic hydroxyl groups excluding tert-OH is 1. The first kappa shape index (κ1) is 39.7. The highest BCUT2D eigenvalue weighted by atomic mass is 35.5. The summed E-state index contributed by atoms with van der Waals surface area (Å²) in [7, 11) is 0. The van der Waals surface area contributed by atoms with Crippen LogP contribution in [0.4, 0.5) is 10.2 Å². The smallest absolute Gasteiger partial charge is 0.238 e. The van der Waals surface area contributed by atoms with Crippen molar-refractivity contribution in [3.05, 3.63) is 136 Å². The largest absolute Gasteiger partial charge is 0.428 e. The number of carbonyl (C=O) groups excluding carboxylic acids is 2. The van der Waals surface area contributed by atoms with Crippen LogP contribution in [0.3, 0.4) is 0 Å². The molecule has 1 unspecified atom stereocenters. The quantitative estimate of drug-likeness (QED) is 0.131. The normalized spacial score (nSPS) is 27.0. The molecule has 5 atom stereocenters. The van der Waals surface area contributed by atoms with E-state index in [0.717, 1.165) is 5.56 Å². The van der Waals surface area contributed by atoms with Crippen molar-refractivity contribution in [1.82, 2.24) is 30.4 Å². The summed E-state index contributed by atoms with van der Waals surface area (Å²) < 4.78 is 22.6. The fraction of sp³-hybridized carbons (Fsp3) is 0.422. The molecule has 2 spiro atoms. The molecule has 2 aromatic carbocycles. The summed E-state index contributed by atoms with van der Waals surface area (Å²) in [6.45, 7) is 4.41. The van der Waals surface area contributed by atoms with Crippen LogP contribution in [-0.4, -0.2) is 59.6 Å². The molecule has 5 aromatic rings. The van der Waals surface area contributed by atoms with E-state index < -0.39 is 46.8 Å². The van der Waals surface area contributed by atoms with E-state index in [0.29, 0.717) is 68.4 Å². The summed E-state index contributed by atoms with van der Waals surface area (Å²) in [6, 6.07) is 21.6. The van der Waals surface area contributed by atoms with Crippen molar-refractivity contribution in [2.24, 2.45) is 5.41 Å². The van der Waals surface area contributed by atoms with Gasteiger partial charge in [-0.05, 0) is 85.6 Å². The molecule has 0 bridgehead atoms. The molecule has 3 aromatic heterocycles. The van der Waals surface area contributed by atoms with Gasteiger partial charge in [-0.2, -0.15) is 0 Å². The Morgan fingerprint density at radius 2 is 1.63 bits per heavy atom. The van der Waals surface area contributed by atoms with E-state index in [4.69, 9.17) is 27.6 Å². The van der Waals surface area contributed by atoms with Crippen LogP contribution in [0.25, 0.3) is 0 Å². The lowest BCUT2D eigenvalue weighted by Crippen LogP contribution is -2.64. The molecule has 306 valence electrons. The van der Waals surface area contributed by atoms with Gasteiger partial charge < -0.3 is 20.2 Å². The van der Waals surface area contributed by atoms with Gasteiger partial charge in [0.1, 0.15) is 16.4 Å². The van der Waals surface area contributed by atoms with E-state index in [2.05, 4.69) is 49.5 Å². The predicted molar refractivity (Wildman–Crippen MR) is 220 cm³/mol. The molecule has 2 aliphatic heterocycles. The highest BCUT2D eigenvalue weighted by Crippen LogP contribution is 2.69. The number of amides is 2. The van der Waals surface area contributed by atoms with Gasteiger partial charge in [0.25, 0.3) is 0 Å². The van der Waals surface area contributed by atoms with Crippen molar-refractivity contribution in [3.63, 3.8) is 0 Å². The van der Waals surface area contributed by atoms with E-state index in [-0.39, 0.29) is 45.0 Å². The molecule has 11 nitrogen and oxygen atoms in total. The van der Waals surface area contributed by atoms with E-state index in [1.54, 1.807) is 12.1 Å². The Bertz CT molecular complexity index is 2340. The van der Waals surface area contributed by atoms with E-state index in [9.17, 15) is 5.11 Å². The molecular formula is C45H46Cl2FN7O4. The monoisotopic (exact) mass is 837 g/mol. The number of nitrogens with zero attached hydrogens (tertiary/aromatic N) is 5. The van der Waals surface area contributed by atoms with Crippen molar-refractivity contribution < 1.29 is 23.5 Å². The van der Waals surface area contributed by atoms with Gasteiger partial charge in [0.15, 0.2) is 11.0 Å². The van der Waals surface area contributed by atoms with Gasteiger partial charge in [-0.15, -0.1) is 10.2 Å². The molecule has 59 heavy (non-hydrogen) atoms. The maximum atomic E-state index is 17.1. The Balaban J connectivity index is 1.31. The average Bonchev–Trinajstić information content (AvgIpc) is 3.94. The van der Waals surface area contributed by atoms with Crippen molar-refractivity contribution >= 4 is 40.8 Å². The number of benzene rings is 2. The van der Waals surface area contributed by atoms with Gasteiger partial charge in [-0.3, -0.25) is 14.5 Å². The van der Waals surface area contributed by atoms with E-state index >= 15 is 14.0 Å². The lowest BCUT2D eigenvalue weighted by atomic mass is 9.53. The minimum absolute atomic E-state index is 0.0630.